The molecule has 4 nitrogen and oxygen atoms in total. The average Bonchev–Trinajstić information content (AvgIpc) is 2.87. The van der Waals surface area contributed by atoms with E-state index in [-0.39, 0.29) is 12.3 Å². The van der Waals surface area contributed by atoms with Crippen molar-refractivity contribution < 1.29 is 8.42 Å². The second kappa shape index (κ2) is 6.35. The van der Waals surface area contributed by atoms with Crippen LogP contribution in [0.5, 0.6) is 0 Å². The van der Waals surface area contributed by atoms with Gasteiger partial charge in [-0.1, -0.05) is 35.9 Å². The topological polar surface area (TPSA) is 62.0 Å². The number of halogens is 1. The number of sulfonamides is 1. The number of aryl methyl sites for hydroxylation is 1. The van der Waals surface area contributed by atoms with Gasteiger partial charge in [0.25, 0.3) is 0 Å². The van der Waals surface area contributed by atoms with Gasteiger partial charge in [0.05, 0.1) is 5.75 Å². The molecule has 0 unspecified atom stereocenters. The lowest BCUT2D eigenvalue weighted by molar-refractivity contribution is 0.580. The van der Waals surface area contributed by atoms with Crippen molar-refractivity contribution in [3.05, 3.63) is 70.4 Å². The van der Waals surface area contributed by atoms with Crippen LogP contribution in [0.4, 0.5) is 0 Å². The molecular weight excluding hydrogens is 332 g/mol. The number of H-pyrrole nitrogens is 1. The third-order valence-corrected chi connectivity index (χ3v) is 5.26. The maximum absolute atomic E-state index is 12.2. The monoisotopic (exact) mass is 348 g/mol. The number of nitrogens with one attached hydrogen (secondary N) is 2. The van der Waals surface area contributed by atoms with Crippen LogP contribution in [0.1, 0.15) is 16.8 Å². The van der Waals surface area contributed by atoms with Crippen LogP contribution in [0.3, 0.4) is 0 Å². The van der Waals surface area contributed by atoms with E-state index in [0.717, 1.165) is 22.2 Å². The summed E-state index contributed by atoms with van der Waals surface area (Å²) in [5.41, 5.74) is 3.64. The Morgan fingerprint density at radius 1 is 1.13 bits per heavy atom. The molecule has 0 aliphatic heterocycles. The molecule has 0 bridgehead atoms. The highest BCUT2D eigenvalue weighted by Gasteiger charge is 2.13. The summed E-state index contributed by atoms with van der Waals surface area (Å²) in [5.74, 6) is -0.127. The first-order chi connectivity index (χ1) is 10.9. The molecule has 0 amide bonds. The van der Waals surface area contributed by atoms with Crippen LogP contribution in [0, 0.1) is 6.92 Å². The summed E-state index contributed by atoms with van der Waals surface area (Å²) in [6.45, 7) is 2.25. The molecule has 120 valence electrons. The van der Waals surface area contributed by atoms with E-state index in [1.807, 2.05) is 31.2 Å². The number of hydrogen-bond acceptors (Lipinski definition) is 2. The van der Waals surface area contributed by atoms with Gasteiger partial charge in [-0.05, 0) is 47.7 Å². The normalized spacial score (nSPS) is 11.9. The fourth-order valence-corrected chi connectivity index (χ4v) is 3.93. The number of benzene rings is 2. The smallest absolute Gasteiger partial charge is 0.216 e. The van der Waals surface area contributed by atoms with Crippen molar-refractivity contribution in [2.24, 2.45) is 0 Å². The van der Waals surface area contributed by atoms with Crippen molar-refractivity contribution >= 4 is 32.5 Å². The van der Waals surface area contributed by atoms with Crippen LogP contribution in [0.15, 0.2) is 48.5 Å². The van der Waals surface area contributed by atoms with Gasteiger partial charge in [-0.15, -0.1) is 0 Å². The van der Waals surface area contributed by atoms with Crippen LogP contribution in [-0.2, 0) is 22.3 Å². The summed E-state index contributed by atoms with van der Waals surface area (Å²) in [6, 6.07) is 14.9. The summed E-state index contributed by atoms with van der Waals surface area (Å²) >= 11 is 6.02. The highest BCUT2D eigenvalue weighted by atomic mass is 35.5. The summed E-state index contributed by atoms with van der Waals surface area (Å²) in [7, 11) is -3.45. The van der Waals surface area contributed by atoms with Crippen molar-refractivity contribution in [3.63, 3.8) is 0 Å². The number of aromatic amines is 1. The van der Waals surface area contributed by atoms with Crippen LogP contribution >= 0.6 is 11.6 Å². The minimum atomic E-state index is -3.45. The molecule has 0 saturated heterocycles. The molecule has 2 N–H and O–H groups in total. The fourth-order valence-electron chi connectivity index (χ4n) is 2.50. The first-order valence-corrected chi connectivity index (χ1v) is 9.25. The lowest BCUT2D eigenvalue weighted by atomic mass is 10.1. The Hall–Kier alpha value is -1.82. The van der Waals surface area contributed by atoms with Crippen molar-refractivity contribution in [2.75, 3.05) is 0 Å². The molecule has 6 heteroatoms. The molecule has 3 aromatic rings. The molecule has 0 aliphatic carbocycles. The van der Waals surface area contributed by atoms with Gasteiger partial charge in [0.15, 0.2) is 0 Å². The number of hydrogen-bond donors (Lipinski definition) is 2. The molecule has 3 rings (SSSR count). The Kier molecular flexibility index (Phi) is 4.43. The number of fused-ring (bicyclic) bond motifs is 1. The molecule has 0 saturated carbocycles. The molecule has 0 spiro atoms. The van der Waals surface area contributed by atoms with Crippen LogP contribution in [-0.4, -0.2) is 13.4 Å². The molecular formula is C17H17ClN2O2S. The Labute approximate surface area is 140 Å². The minimum Gasteiger partial charge on any atom is -0.359 e. The molecule has 1 aromatic heterocycles. The first kappa shape index (κ1) is 16.1. The molecule has 0 atom stereocenters. The Morgan fingerprint density at radius 3 is 2.70 bits per heavy atom. The van der Waals surface area contributed by atoms with Gasteiger partial charge in [-0.2, -0.15) is 0 Å². The third kappa shape index (κ3) is 3.93. The standard InChI is InChI=1S/C17H17ClN2O2S/c1-12-8-15-9-13(6-7-17(15)20-12)10-19-23(21,22)11-14-4-2-3-5-16(14)18/h2-9,19-20H,10-11H2,1H3. The molecule has 0 radical (unpaired) electrons. The maximum Gasteiger partial charge on any atom is 0.216 e. The van der Waals surface area contributed by atoms with Gasteiger partial charge in [0.2, 0.25) is 10.0 Å². The number of aromatic nitrogens is 1. The summed E-state index contributed by atoms with van der Waals surface area (Å²) in [6.07, 6.45) is 0. The predicted octanol–water partition coefficient (Wildman–Crippen LogP) is 3.75. The molecule has 1 heterocycles. The van der Waals surface area contributed by atoms with E-state index in [0.29, 0.717) is 10.6 Å². The molecule has 0 fully saturated rings. The molecule has 0 aliphatic rings. The SMILES string of the molecule is Cc1cc2cc(CNS(=O)(=O)Cc3ccccc3Cl)ccc2[nH]1. The lowest BCUT2D eigenvalue weighted by Crippen LogP contribution is -2.24. The van der Waals surface area contributed by atoms with Crippen LogP contribution in [0.2, 0.25) is 5.02 Å². The quantitative estimate of drug-likeness (QED) is 0.737. The van der Waals surface area contributed by atoms with Crippen molar-refractivity contribution in [1.82, 2.24) is 9.71 Å². The zero-order valence-corrected chi connectivity index (χ0v) is 14.2. The lowest BCUT2D eigenvalue weighted by Gasteiger charge is -2.08. The minimum absolute atomic E-state index is 0.127. The van der Waals surface area contributed by atoms with E-state index in [1.54, 1.807) is 24.3 Å². The van der Waals surface area contributed by atoms with E-state index in [4.69, 9.17) is 11.6 Å². The predicted molar refractivity (Wildman–Crippen MR) is 94.0 cm³/mol. The molecule has 23 heavy (non-hydrogen) atoms. The van der Waals surface area contributed by atoms with E-state index in [2.05, 4.69) is 9.71 Å². The summed E-state index contributed by atoms with van der Waals surface area (Å²) < 4.78 is 27.1. The zero-order valence-electron chi connectivity index (χ0n) is 12.6. The van der Waals surface area contributed by atoms with Gasteiger partial charge in [0.1, 0.15) is 0 Å². The van der Waals surface area contributed by atoms with Gasteiger partial charge < -0.3 is 4.98 Å². The van der Waals surface area contributed by atoms with Crippen molar-refractivity contribution in [3.8, 4) is 0 Å². The van der Waals surface area contributed by atoms with Crippen LogP contribution in [0.25, 0.3) is 10.9 Å². The van der Waals surface area contributed by atoms with Crippen molar-refractivity contribution in [1.29, 1.82) is 0 Å². The van der Waals surface area contributed by atoms with Crippen molar-refractivity contribution in [2.45, 2.75) is 19.2 Å². The Bertz CT molecular complexity index is 948. The highest BCUT2D eigenvalue weighted by molar-refractivity contribution is 7.88. The van der Waals surface area contributed by atoms with Gasteiger partial charge >= 0.3 is 0 Å². The second-order valence-electron chi connectivity index (χ2n) is 5.55. The maximum atomic E-state index is 12.2. The average molecular weight is 349 g/mol. The summed E-state index contributed by atoms with van der Waals surface area (Å²) in [5, 5.41) is 1.53. The van der Waals surface area contributed by atoms with Gasteiger partial charge in [-0.3, -0.25) is 0 Å². The van der Waals surface area contributed by atoms with E-state index >= 15 is 0 Å². The van der Waals surface area contributed by atoms with E-state index < -0.39 is 10.0 Å². The van der Waals surface area contributed by atoms with E-state index in [1.165, 1.54) is 0 Å². The van der Waals surface area contributed by atoms with Gasteiger partial charge in [-0.25, -0.2) is 13.1 Å². The fraction of sp³-hybridized carbons (Fsp3) is 0.176. The summed E-state index contributed by atoms with van der Waals surface area (Å²) in [4.78, 5) is 3.24. The van der Waals surface area contributed by atoms with Gasteiger partial charge in [0, 0.05) is 22.8 Å². The molecule has 2 aromatic carbocycles. The largest absolute Gasteiger partial charge is 0.359 e. The first-order valence-electron chi connectivity index (χ1n) is 7.22. The third-order valence-electron chi connectivity index (χ3n) is 3.62. The highest BCUT2D eigenvalue weighted by Crippen LogP contribution is 2.19. The second-order valence-corrected chi connectivity index (χ2v) is 7.76. The zero-order chi connectivity index (χ0) is 16.4. The Balaban J connectivity index is 1.71. The van der Waals surface area contributed by atoms with E-state index in [9.17, 15) is 8.42 Å². The Morgan fingerprint density at radius 2 is 1.91 bits per heavy atom. The van der Waals surface area contributed by atoms with Crippen LogP contribution < -0.4 is 4.72 Å². The number of rotatable bonds is 5.